The summed E-state index contributed by atoms with van der Waals surface area (Å²) in [5.41, 5.74) is 0. The molecule has 0 spiro atoms. The van der Waals surface area contributed by atoms with Crippen molar-refractivity contribution in [1.29, 1.82) is 0 Å². The molecule has 2 aliphatic carbocycles. The summed E-state index contributed by atoms with van der Waals surface area (Å²) >= 11 is 0. The SMILES string of the molecule is O=C(ON1CCCC1)C1CC2C=CC1C2. The van der Waals surface area contributed by atoms with Crippen LogP contribution in [0.15, 0.2) is 12.2 Å². The van der Waals surface area contributed by atoms with Crippen LogP contribution in [0.2, 0.25) is 0 Å². The molecular weight excluding hydrogens is 190 g/mol. The van der Waals surface area contributed by atoms with E-state index in [4.69, 9.17) is 4.84 Å². The number of carbonyl (C=O) groups excluding carboxylic acids is 1. The molecule has 0 radical (unpaired) electrons. The fourth-order valence-electron chi connectivity index (χ4n) is 3.03. The summed E-state index contributed by atoms with van der Waals surface area (Å²) < 4.78 is 0. The van der Waals surface area contributed by atoms with Gasteiger partial charge in [-0.1, -0.05) is 12.2 Å². The van der Waals surface area contributed by atoms with E-state index < -0.39 is 0 Å². The van der Waals surface area contributed by atoms with E-state index in [-0.39, 0.29) is 11.9 Å². The molecule has 0 aromatic rings. The lowest BCUT2D eigenvalue weighted by atomic mass is 9.94. The molecule has 3 heteroatoms. The second kappa shape index (κ2) is 3.63. The predicted octanol–water partition coefficient (Wildman–Crippen LogP) is 1.75. The van der Waals surface area contributed by atoms with Gasteiger partial charge in [0.15, 0.2) is 0 Å². The average molecular weight is 207 g/mol. The van der Waals surface area contributed by atoms with Crippen LogP contribution in [-0.2, 0) is 9.63 Å². The minimum atomic E-state index is 0.00810. The van der Waals surface area contributed by atoms with Gasteiger partial charge in [0.25, 0.3) is 0 Å². The second-order valence-electron chi connectivity index (χ2n) is 4.93. The number of allylic oxidation sites excluding steroid dienone is 2. The van der Waals surface area contributed by atoms with Crippen LogP contribution in [0, 0.1) is 17.8 Å². The van der Waals surface area contributed by atoms with Gasteiger partial charge in [-0.25, -0.2) is 0 Å². The van der Waals surface area contributed by atoms with Crippen LogP contribution >= 0.6 is 0 Å². The lowest BCUT2D eigenvalue weighted by Crippen LogP contribution is -2.30. The van der Waals surface area contributed by atoms with Gasteiger partial charge in [-0.15, -0.1) is 5.06 Å². The molecule has 2 bridgehead atoms. The molecule has 0 N–H and O–H groups in total. The van der Waals surface area contributed by atoms with Gasteiger partial charge in [-0.3, -0.25) is 4.79 Å². The number of rotatable bonds is 2. The summed E-state index contributed by atoms with van der Waals surface area (Å²) in [5.74, 6) is 1.26. The molecule has 3 atom stereocenters. The molecule has 3 unspecified atom stereocenters. The molecule has 82 valence electrons. The maximum atomic E-state index is 11.9. The molecule has 3 nitrogen and oxygen atoms in total. The van der Waals surface area contributed by atoms with Crippen LogP contribution in [0.1, 0.15) is 25.7 Å². The van der Waals surface area contributed by atoms with Crippen molar-refractivity contribution >= 4 is 5.97 Å². The zero-order valence-electron chi connectivity index (χ0n) is 8.89. The van der Waals surface area contributed by atoms with E-state index in [9.17, 15) is 4.79 Å². The Kier molecular flexibility index (Phi) is 2.28. The summed E-state index contributed by atoms with van der Waals surface area (Å²) in [5, 5.41) is 1.83. The average Bonchev–Trinajstić information content (AvgIpc) is 2.93. The van der Waals surface area contributed by atoms with Gasteiger partial charge in [0, 0.05) is 13.1 Å². The van der Waals surface area contributed by atoms with Crippen molar-refractivity contribution < 1.29 is 9.63 Å². The monoisotopic (exact) mass is 207 g/mol. The maximum Gasteiger partial charge on any atom is 0.328 e. The first-order valence-electron chi connectivity index (χ1n) is 5.98. The van der Waals surface area contributed by atoms with Gasteiger partial charge >= 0.3 is 5.97 Å². The number of hydrogen-bond acceptors (Lipinski definition) is 3. The van der Waals surface area contributed by atoms with Gasteiger partial charge in [-0.05, 0) is 37.5 Å². The lowest BCUT2D eigenvalue weighted by molar-refractivity contribution is -0.191. The molecule has 1 aliphatic heterocycles. The van der Waals surface area contributed by atoms with Gasteiger partial charge in [0.1, 0.15) is 0 Å². The van der Waals surface area contributed by atoms with E-state index in [1.54, 1.807) is 0 Å². The standard InChI is InChI=1S/C12H17NO2/c14-12(15-13-5-1-2-6-13)11-8-9-3-4-10(11)7-9/h3-4,9-11H,1-2,5-8H2. The Morgan fingerprint density at radius 1 is 1.20 bits per heavy atom. The van der Waals surface area contributed by atoms with E-state index >= 15 is 0 Å². The number of hydrogen-bond donors (Lipinski definition) is 0. The van der Waals surface area contributed by atoms with Crippen molar-refractivity contribution in [3.63, 3.8) is 0 Å². The van der Waals surface area contributed by atoms with Crippen molar-refractivity contribution in [3.05, 3.63) is 12.2 Å². The molecule has 3 aliphatic rings. The molecule has 2 fully saturated rings. The first kappa shape index (κ1) is 9.40. The van der Waals surface area contributed by atoms with Crippen molar-refractivity contribution in [1.82, 2.24) is 5.06 Å². The quantitative estimate of drug-likeness (QED) is 0.646. The summed E-state index contributed by atoms with van der Waals surface area (Å²) in [6.45, 7) is 1.84. The van der Waals surface area contributed by atoms with Crippen molar-refractivity contribution in [3.8, 4) is 0 Å². The van der Waals surface area contributed by atoms with Crippen LogP contribution in [0.5, 0.6) is 0 Å². The van der Waals surface area contributed by atoms with Gasteiger partial charge in [0.2, 0.25) is 0 Å². The third kappa shape index (κ3) is 1.69. The van der Waals surface area contributed by atoms with Gasteiger partial charge in [0.05, 0.1) is 5.92 Å². The summed E-state index contributed by atoms with van der Waals surface area (Å²) in [6.07, 6.45) is 8.94. The molecule has 0 aromatic carbocycles. The van der Waals surface area contributed by atoms with E-state index in [0.717, 1.165) is 32.4 Å². The zero-order chi connectivity index (χ0) is 10.3. The molecule has 1 saturated carbocycles. The van der Waals surface area contributed by atoms with E-state index in [1.165, 1.54) is 6.42 Å². The molecule has 15 heavy (non-hydrogen) atoms. The fourth-order valence-corrected chi connectivity index (χ4v) is 3.03. The first-order valence-corrected chi connectivity index (χ1v) is 5.98. The van der Waals surface area contributed by atoms with Crippen LogP contribution in [0.25, 0.3) is 0 Å². The van der Waals surface area contributed by atoms with E-state index in [1.807, 2.05) is 5.06 Å². The Morgan fingerprint density at radius 2 is 2.00 bits per heavy atom. The highest BCUT2D eigenvalue weighted by Gasteiger charge is 2.41. The van der Waals surface area contributed by atoms with Crippen molar-refractivity contribution in [2.45, 2.75) is 25.7 Å². The second-order valence-corrected chi connectivity index (χ2v) is 4.93. The van der Waals surface area contributed by atoms with Crippen molar-refractivity contribution in [2.24, 2.45) is 17.8 Å². The summed E-state index contributed by atoms with van der Waals surface area (Å²) in [4.78, 5) is 17.3. The lowest BCUT2D eigenvalue weighted by Gasteiger charge is -2.20. The fraction of sp³-hybridized carbons (Fsp3) is 0.750. The highest BCUT2D eigenvalue weighted by atomic mass is 16.7. The third-order valence-corrected chi connectivity index (χ3v) is 3.87. The molecular formula is C12H17NO2. The Labute approximate surface area is 90.0 Å². The number of carbonyl (C=O) groups is 1. The first-order chi connectivity index (χ1) is 7.33. The highest BCUT2D eigenvalue weighted by Crippen LogP contribution is 2.43. The minimum absolute atomic E-state index is 0.00810. The molecule has 0 aromatic heterocycles. The number of hydroxylamine groups is 2. The van der Waals surface area contributed by atoms with Crippen molar-refractivity contribution in [2.75, 3.05) is 13.1 Å². The predicted molar refractivity (Wildman–Crippen MR) is 55.7 cm³/mol. The van der Waals surface area contributed by atoms with Crippen LogP contribution < -0.4 is 0 Å². The van der Waals surface area contributed by atoms with Gasteiger partial charge < -0.3 is 4.84 Å². The summed E-state index contributed by atoms with van der Waals surface area (Å²) in [7, 11) is 0. The maximum absolute atomic E-state index is 11.9. The van der Waals surface area contributed by atoms with Crippen LogP contribution in [-0.4, -0.2) is 24.1 Å². The molecule has 3 rings (SSSR count). The van der Waals surface area contributed by atoms with E-state index in [2.05, 4.69) is 12.2 Å². The Bertz CT molecular complexity index is 294. The smallest absolute Gasteiger partial charge is 0.328 e. The number of fused-ring (bicyclic) bond motifs is 2. The van der Waals surface area contributed by atoms with Crippen LogP contribution in [0.4, 0.5) is 0 Å². The molecule has 0 amide bonds. The molecule has 1 saturated heterocycles. The Balaban J connectivity index is 1.58. The normalized spacial score (nSPS) is 38.8. The molecule has 1 heterocycles. The largest absolute Gasteiger partial charge is 0.368 e. The summed E-state index contributed by atoms with van der Waals surface area (Å²) in [6, 6.07) is 0. The highest BCUT2D eigenvalue weighted by molar-refractivity contribution is 5.73. The zero-order valence-corrected chi connectivity index (χ0v) is 8.89. The van der Waals surface area contributed by atoms with Gasteiger partial charge in [-0.2, -0.15) is 0 Å². The van der Waals surface area contributed by atoms with E-state index in [0.29, 0.717) is 11.8 Å². The topological polar surface area (TPSA) is 29.5 Å². The third-order valence-electron chi connectivity index (χ3n) is 3.87. The Morgan fingerprint density at radius 3 is 2.60 bits per heavy atom. The Hall–Kier alpha value is -0.830. The minimum Gasteiger partial charge on any atom is -0.368 e. The number of nitrogens with zero attached hydrogens (tertiary/aromatic N) is 1. The van der Waals surface area contributed by atoms with Crippen LogP contribution in [0.3, 0.4) is 0 Å².